The van der Waals surface area contributed by atoms with Crippen molar-refractivity contribution in [2.45, 2.75) is 32.2 Å². The first-order valence-electron chi connectivity index (χ1n) is 5.41. The smallest absolute Gasteiger partial charge is 0.243 e. The summed E-state index contributed by atoms with van der Waals surface area (Å²) in [6.07, 6.45) is 5.74. The zero-order chi connectivity index (χ0) is 10.3. The Labute approximate surface area is 88.3 Å². The molecule has 1 N–H and O–H groups in total. The van der Waals surface area contributed by atoms with E-state index in [0.717, 1.165) is 17.2 Å². The molecule has 1 fully saturated rings. The van der Waals surface area contributed by atoms with E-state index in [1.165, 1.54) is 19.3 Å². The van der Waals surface area contributed by atoms with Crippen LogP contribution in [0, 0.1) is 6.92 Å². The van der Waals surface area contributed by atoms with Crippen LogP contribution < -0.4 is 5.32 Å². The van der Waals surface area contributed by atoms with Crippen LogP contribution in [0.5, 0.6) is 0 Å². The number of hydrogen-bond acceptors (Lipinski definition) is 3. The molecule has 2 aromatic heterocycles. The molecule has 2 aromatic rings. The summed E-state index contributed by atoms with van der Waals surface area (Å²) in [6.45, 7) is 2.05. The molecule has 3 rings (SSSR count). The molecule has 2 heterocycles. The van der Waals surface area contributed by atoms with Gasteiger partial charge >= 0.3 is 0 Å². The molecule has 0 bridgehead atoms. The van der Waals surface area contributed by atoms with Gasteiger partial charge < -0.3 is 5.32 Å². The first-order valence-corrected chi connectivity index (χ1v) is 5.41. The van der Waals surface area contributed by atoms with Crippen LogP contribution in [0.25, 0.3) is 5.65 Å². The van der Waals surface area contributed by atoms with Crippen LogP contribution in [0.1, 0.15) is 24.8 Å². The van der Waals surface area contributed by atoms with Gasteiger partial charge in [0, 0.05) is 12.2 Å². The van der Waals surface area contributed by atoms with Crippen molar-refractivity contribution in [3.63, 3.8) is 0 Å². The Kier molecular flexibility index (Phi) is 1.87. The molecule has 15 heavy (non-hydrogen) atoms. The van der Waals surface area contributed by atoms with E-state index in [0.29, 0.717) is 6.04 Å². The maximum Gasteiger partial charge on any atom is 0.243 e. The average Bonchev–Trinajstić information content (AvgIpc) is 2.56. The summed E-state index contributed by atoms with van der Waals surface area (Å²) in [6, 6.07) is 4.63. The fraction of sp³-hybridized carbons (Fsp3) is 0.455. The molecule has 0 saturated heterocycles. The van der Waals surface area contributed by atoms with Crippen molar-refractivity contribution in [2.24, 2.45) is 0 Å². The minimum atomic E-state index is 0.586. The third-order valence-corrected chi connectivity index (χ3v) is 3.00. The van der Waals surface area contributed by atoms with Crippen LogP contribution in [-0.4, -0.2) is 20.6 Å². The van der Waals surface area contributed by atoms with Gasteiger partial charge in [-0.3, -0.25) is 0 Å². The van der Waals surface area contributed by atoms with E-state index in [1.54, 1.807) is 0 Å². The van der Waals surface area contributed by atoms with Crippen molar-refractivity contribution >= 4 is 11.6 Å². The van der Waals surface area contributed by atoms with Crippen LogP contribution >= 0.6 is 0 Å². The van der Waals surface area contributed by atoms with Crippen molar-refractivity contribution < 1.29 is 0 Å². The molecule has 4 nitrogen and oxygen atoms in total. The first kappa shape index (κ1) is 8.71. The lowest BCUT2D eigenvalue weighted by Crippen LogP contribution is -2.27. The number of pyridine rings is 1. The number of fused-ring (bicyclic) bond motifs is 1. The van der Waals surface area contributed by atoms with Gasteiger partial charge in [0.25, 0.3) is 0 Å². The molecule has 0 aromatic carbocycles. The number of anilines is 1. The summed E-state index contributed by atoms with van der Waals surface area (Å²) in [4.78, 5) is 4.47. The minimum absolute atomic E-state index is 0.586. The van der Waals surface area contributed by atoms with E-state index in [4.69, 9.17) is 0 Å². The monoisotopic (exact) mass is 202 g/mol. The van der Waals surface area contributed by atoms with E-state index in [9.17, 15) is 0 Å². The van der Waals surface area contributed by atoms with Crippen molar-refractivity contribution in [3.05, 3.63) is 23.9 Å². The van der Waals surface area contributed by atoms with E-state index in [-0.39, 0.29) is 0 Å². The Morgan fingerprint density at radius 3 is 3.00 bits per heavy atom. The van der Waals surface area contributed by atoms with Crippen LogP contribution in [0.3, 0.4) is 0 Å². The molecule has 0 spiro atoms. The molecule has 1 aliphatic carbocycles. The number of aromatic nitrogens is 3. The minimum Gasteiger partial charge on any atom is -0.350 e. The van der Waals surface area contributed by atoms with Crippen LogP contribution in [0.4, 0.5) is 5.95 Å². The molecule has 0 aliphatic heterocycles. The Bertz CT molecular complexity index is 484. The second-order valence-electron chi connectivity index (χ2n) is 4.17. The van der Waals surface area contributed by atoms with Crippen LogP contribution in [0.2, 0.25) is 0 Å². The highest BCUT2D eigenvalue weighted by molar-refractivity contribution is 5.50. The highest BCUT2D eigenvalue weighted by Gasteiger charge is 2.18. The molecule has 4 heteroatoms. The Balaban J connectivity index is 1.95. The Morgan fingerprint density at radius 1 is 1.47 bits per heavy atom. The SMILES string of the molecule is Cc1cccn2nc(NC3CCC3)nc12. The largest absolute Gasteiger partial charge is 0.350 e. The van der Waals surface area contributed by atoms with Crippen molar-refractivity contribution in [3.8, 4) is 0 Å². The van der Waals surface area contributed by atoms with E-state index in [1.807, 2.05) is 16.8 Å². The lowest BCUT2D eigenvalue weighted by Gasteiger charge is -2.25. The van der Waals surface area contributed by atoms with Gasteiger partial charge in [-0.05, 0) is 37.8 Å². The third kappa shape index (κ3) is 1.46. The van der Waals surface area contributed by atoms with Gasteiger partial charge in [-0.15, -0.1) is 5.10 Å². The second kappa shape index (κ2) is 3.22. The quantitative estimate of drug-likeness (QED) is 0.810. The molecular weight excluding hydrogens is 188 g/mol. The summed E-state index contributed by atoms with van der Waals surface area (Å²) in [7, 11) is 0. The summed E-state index contributed by atoms with van der Waals surface area (Å²) >= 11 is 0. The van der Waals surface area contributed by atoms with Crippen LogP contribution in [0.15, 0.2) is 18.3 Å². The predicted octanol–water partition coefficient (Wildman–Crippen LogP) is 2.00. The zero-order valence-electron chi connectivity index (χ0n) is 8.77. The maximum absolute atomic E-state index is 4.47. The summed E-state index contributed by atoms with van der Waals surface area (Å²) in [5.74, 6) is 0.758. The molecule has 1 aliphatic rings. The van der Waals surface area contributed by atoms with Gasteiger partial charge in [0.2, 0.25) is 5.95 Å². The van der Waals surface area contributed by atoms with Crippen LogP contribution in [-0.2, 0) is 0 Å². The zero-order valence-corrected chi connectivity index (χ0v) is 8.77. The van der Waals surface area contributed by atoms with Gasteiger partial charge in [0.15, 0.2) is 5.65 Å². The molecule has 0 radical (unpaired) electrons. The molecule has 0 unspecified atom stereocenters. The normalized spacial score (nSPS) is 16.6. The molecule has 78 valence electrons. The molecule has 1 saturated carbocycles. The van der Waals surface area contributed by atoms with E-state index >= 15 is 0 Å². The number of nitrogens with one attached hydrogen (secondary N) is 1. The number of aryl methyl sites for hydroxylation is 1. The summed E-state index contributed by atoms with van der Waals surface area (Å²) in [5, 5.41) is 7.74. The fourth-order valence-electron chi connectivity index (χ4n) is 1.84. The van der Waals surface area contributed by atoms with Crippen molar-refractivity contribution in [1.29, 1.82) is 0 Å². The number of nitrogens with zero attached hydrogens (tertiary/aromatic N) is 3. The highest BCUT2D eigenvalue weighted by atomic mass is 15.3. The van der Waals surface area contributed by atoms with Gasteiger partial charge in [0.1, 0.15) is 0 Å². The summed E-state index contributed by atoms with van der Waals surface area (Å²) in [5.41, 5.74) is 2.10. The van der Waals surface area contributed by atoms with E-state index < -0.39 is 0 Å². The highest BCUT2D eigenvalue weighted by Crippen LogP contribution is 2.22. The Hall–Kier alpha value is -1.58. The Morgan fingerprint density at radius 2 is 2.33 bits per heavy atom. The molecule has 0 atom stereocenters. The van der Waals surface area contributed by atoms with Crippen molar-refractivity contribution in [2.75, 3.05) is 5.32 Å². The lowest BCUT2D eigenvalue weighted by atomic mass is 9.93. The van der Waals surface area contributed by atoms with Gasteiger partial charge in [-0.25, -0.2) is 4.52 Å². The van der Waals surface area contributed by atoms with Gasteiger partial charge in [0.05, 0.1) is 0 Å². The fourth-order valence-corrected chi connectivity index (χ4v) is 1.84. The predicted molar refractivity (Wildman–Crippen MR) is 59.0 cm³/mol. The topological polar surface area (TPSA) is 42.2 Å². The maximum atomic E-state index is 4.47. The summed E-state index contributed by atoms with van der Waals surface area (Å²) < 4.78 is 1.83. The third-order valence-electron chi connectivity index (χ3n) is 3.00. The van der Waals surface area contributed by atoms with Gasteiger partial charge in [-0.2, -0.15) is 4.98 Å². The first-order chi connectivity index (χ1) is 7.33. The van der Waals surface area contributed by atoms with Gasteiger partial charge in [-0.1, -0.05) is 6.07 Å². The number of hydrogen-bond donors (Lipinski definition) is 1. The molecular formula is C11H14N4. The molecule has 0 amide bonds. The lowest BCUT2D eigenvalue weighted by molar-refractivity contribution is 0.443. The average molecular weight is 202 g/mol. The van der Waals surface area contributed by atoms with Crippen molar-refractivity contribution in [1.82, 2.24) is 14.6 Å². The van der Waals surface area contributed by atoms with E-state index in [2.05, 4.69) is 28.4 Å². The second-order valence-corrected chi connectivity index (χ2v) is 4.17. The number of rotatable bonds is 2. The standard InChI is InChI=1S/C11H14N4/c1-8-4-3-7-15-10(8)13-11(14-15)12-9-5-2-6-9/h3-4,7,9H,2,5-6H2,1H3,(H,12,14).